The predicted octanol–water partition coefficient (Wildman–Crippen LogP) is 3.88. The zero-order chi connectivity index (χ0) is 43.6. The van der Waals surface area contributed by atoms with Gasteiger partial charge in [0.05, 0.1) is 35.1 Å². The highest BCUT2D eigenvalue weighted by Crippen LogP contribution is 2.42. The number of rotatable bonds is 15. The standard InChI is InChI=1S/C43H50N8O10/c1-6-43(29-16-32-36-26(18-51(32)39(54)28(29)20-57-40(43)55)14-25-15-33-34(60-21-59-33)17-31(25)49-36)61-42(56)58-19-24-9-11-27(12-10-24)48-37(52)30(8-7-13-46-41(44)45)50-38(53)35(22(2)3)47-23(4)5/h9-12,14-17,22-23,30,35,47H,6-8,13,18-21H2,1-5H3,(H,48,52)(H,50,53)(H4,44,45,46)/t30-,35-,43-/m0/s1. The van der Waals surface area contributed by atoms with E-state index in [0.717, 1.165) is 10.9 Å². The SMILES string of the molecule is CC[C@@]1(OC(=O)OCc2ccc(NC(=O)[C@H](CCCNC(=N)N)NC(=O)[C@@H](NC(C)C)C(C)C)cc2)C(=O)OCc2c1cc1n(c2=O)Cc2cc3cc4c(cc3nc2-1)OCO4. The first-order valence-electron chi connectivity index (χ1n) is 20.2. The van der Waals surface area contributed by atoms with Gasteiger partial charge in [-0.15, -0.1) is 0 Å². The van der Waals surface area contributed by atoms with Gasteiger partial charge in [-0.3, -0.25) is 19.8 Å². The molecule has 0 unspecified atom stereocenters. The lowest BCUT2D eigenvalue weighted by Gasteiger charge is -2.35. The molecular formula is C43H50N8O10. The summed E-state index contributed by atoms with van der Waals surface area (Å²) in [6.07, 6.45) is -0.475. The Morgan fingerprint density at radius 1 is 1.00 bits per heavy atom. The van der Waals surface area contributed by atoms with Crippen molar-refractivity contribution in [1.29, 1.82) is 5.41 Å². The maximum Gasteiger partial charge on any atom is 0.510 e. The van der Waals surface area contributed by atoms with Crippen LogP contribution in [0.1, 0.15) is 76.1 Å². The number of esters is 1. The molecule has 322 valence electrons. The van der Waals surface area contributed by atoms with Gasteiger partial charge < -0.3 is 55.3 Å². The lowest BCUT2D eigenvalue weighted by Crippen LogP contribution is -2.54. The minimum atomic E-state index is -1.96. The number of nitrogens with one attached hydrogen (secondary N) is 5. The number of ether oxygens (including phenoxy) is 5. The number of nitrogens with zero attached hydrogens (tertiary/aromatic N) is 2. The predicted molar refractivity (Wildman–Crippen MR) is 223 cm³/mol. The summed E-state index contributed by atoms with van der Waals surface area (Å²) < 4.78 is 29.4. The molecule has 61 heavy (non-hydrogen) atoms. The molecule has 3 atom stereocenters. The van der Waals surface area contributed by atoms with Crippen LogP contribution in [0.25, 0.3) is 22.3 Å². The first-order chi connectivity index (χ1) is 29.2. The molecule has 3 aliphatic rings. The zero-order valence-electron chi connectivity index (χ0n) is 34.6. The number of anilines is 1. The number of carbonyl (C=O) groups excluding carboxylic acids is 4. The summed E-state index contributed by atoms with van der Waals surface area (Å²) in [6, 6.07) is 12.4. The Morgan fingerprint density at radius 2 is 1.74 bits per heavy atom. The van der Waals surface area contributed by atoms with Gasteiger partial charge in [0.25, 0.3) is 5.56 Å². The van der Waals surface area contributed by atoms with Gasteiger partial charge in [-0.25, -0.2) is 14.6 Å². The van der Waals surface area contributed by atoms with Crippen LogP contribution in [0.5, 0.6) is 11.5 Å². The first-order valence-corrected chi connectivity index (χ1v) is 20.2. The van der Waals surface area contributed by atoms with Crippen molar-refractivity contribution in [3.05, 3.63) is 81.1 Å². The van der Waals surface area contributed by atoms with E-state index in [1.807, 2.05) is 39.8 Å². The zero-order valence-corrected chi connectivity index (χ0v) is 34.6. The highest BCUT2D eigenvalue weighted by Gasteiger charge is 2.51. The summed E-state index contributed by atoms with van der Waals surface area (Å²) in [7, 11) is 0. The molecule has 0 bridgehead atoms. The number of fused-ring (bicyclic) bond motifs is 6. The van der Waals surface area contributed by atoms with E-state index in [4.69, 9.17) is 39.8 Å². The summed E-state index contributed by atoms with van der Waals surface area (Å²) in [5, 5.41) is 19.9. The Bertz CT molecular complexity index is 2450. The fourth-order valence-electron chi connectivity index (χ4n) is 7.75. The Morgan fingerprint density at radius 3 is 2.43 bits per heavy atom. The van der Waals surface area contributed by atoms with Crippen LogP contribution in [-0.2, 0) is 54.0 Å². The number of benzene rings is 2. The van der Waals surface area contributed by atoms with E-state index in [1.54, 1.807) is 47.9 Å². The van der Waals surface area contributed by atoms with Crippen LogP contribution in [0.3, 0.4) is 0 Å². The molecule has 7 rings (SSSR count). The number of hydrogen-bond donors (Lipinski definition) is 6. The normalized spacial score (nSPS) is 16.9. The second-order valence-corrected chi connectivity index (χ2v) is 15.9. The van der Waals surface area contributed by atoms with Crippen LogP contribution < -0.4 is 42.0 Å². The van der Waals surface area contributed by atoms with Crippen LogP contribution in [0.4, 0.5) is 10.5 Å². The van der Waals surface area contributed by atoms with Crippen LogP contribution in [0.2, 0.25) is 0 Å². The molecule has 0 radical (unpaired) electrons. The quantitative estimate of drug-likeness (QED) is 0.0379. The van der Waals surface area contributed by atoms with Crippen molar-refractivity contribution >= 4 is 46.5 Å². The maximum absolute atomic E-state index is 14.0. The molecule has 18 heteroatoms. The number of cyclic esters (lactones) is 1. The summed E-state index contributed by atoms with van der Waals surface area (Å²) in [5.41, 5.74) is 6.87. The lowest BCUT2D eigenvalue weighted by molar-refractivity contribution is -0.175. The molecule has 3 aliphatic heterocycles. The van der Waals surface area contributed by atoms with Crippen LogP contribution in [0.15, 0.2) is 53.3 Å². The van der Waals surface area contributed by atoms with E-state index in [9.17, 15) is 24.0 Å². The topological polar surface area (TPSA) is 247 Å². The van der Waals surface area contributed by atoms with Crippen molar-refractivity contribution in [2.24, 2.45) is 11.7 Å². The number of guanidine groups is 1. The van der Waals surface area contributed by atoms with Crippen molar-refractivity contribution in [3.63, 3.8) is 0 Å². The van der Waals surface area contributed by atoms with E-state index in [1.165, 1.54) is 0 Å². The second-order valence-electron chi connectivity index (χ2n) is 15.9. The van der Waals surface area contributed by atoms with Gasteiger partial charge in [-0.1, -0.05) is 46.8 Å². The van der Waals surface area contributed by atoms with E-state index in [0.29, 0.717) is 52.6 Å². The first kappa shape index (κ1) is 42.4. The maximum atomic E-state index is 14.0. The molecule has 2 amide bonds. The lowest BCUT2D eigenvalue weighted by atomic mass is 9.85. The van der Waals surface area contributed by atoms with Crippen molar-refractivity contribution in [3.8, 4) is 22.9 Å². The molecule has 2 aromatic carbocycles. The average Bonchev–Trinajstić information content (AvgIpc) is 3.83. The monoisotopic (exact) mass is 838 g/mol. The average molecular weight is 839 g/mol. The second kappa shape index (κ2) is 17.5. The van der Waals surface area contributed by atoms with Crippen LogP contribution in [0, 0.1) is 11.3 Å². The Labute approximate surface area is 351 Å². The largest absolute Gasteiger partial charge is 0.510 e. The molecule has 18 nitrogen and oxygen atoms in total. The summed E-state index contributed by atoms with van der Waals surface area (Å²) in [5.74, 6) is -0.623. The van der Waals surface area contributed by atoms with Crippen molar-refractivity contribution in [1.82, 2.24) is 25.5 Å². The molecular weight excluding hydrogens is 789 g/mol. The minimum Gasteiger partial charge on any atom is -0.457 e. The summed E-state index contributed by atoms with van der Waals surface area (Å²) >= 11 is 0. The molecule has 5 heterocycles. The van der Waals surface area contributed by atoms with Gasteiger partial charge in [0.1, 0.15) is 19.3 Å². The summed E-state index contributed by atoms with van der Waals surface area (Å²) in [6.45, 7) is 9.54. The van der Waals surface area contributed by atoms with Gasteiger partial charge in [-0.05, 0) is 61.1 Å². The number of hydrogen-bond acceptors (Lipinski definition) is 13. The van der Waals surface area contributed by atoms with E-state index < -0.39 is 35.7 Å². The van der Waals surface area contributed by atoms with Crippen LogP contribution >= 0.6 is 0 Å². The van der Waals surface area contributed by atoms with Crippen molar-refractivity contribution < 1.29 is 42.9 Å². The van der Waals surface area contributed by atoms with E-state index in [-0.39, 0.29) is 79.9 Å². The van der Waals surface area contributed by atoms with Crippen molar-refractivity contribution in [2.45, 2.75) is 97.4 Å². The minimum absolute atomic E-state index is 0.0337. The van der Waals surface area contributed by atoms with Gasteiger partial charge in [0.15, 0.2) is 17.5 Å². The van der Waals surface area contributed by atoms with Gasteiger partial charge in [-0.2, -0.15) is 0 Å². The van der Waals surface area contributed by atoms with Crippen molar-refractivity contribution in [2.75, 3.05) is 18.7 Å². The molecule has 0 spiro atoms. The smallest absolute Gasteiger partial charge is 0.457 e. The number of carbonyl (C=O) groups is 4. The Balaban J connectivity index is 1.03. The van der Waals surface area contributed by atoms with Gasteiger partial charge in [0, 0.05) is 40.9 Å². The highest BCUT2D eigenvalue weighted by molar-refractivity contribution is 5.98. The van der Waals surface area contributed by atoms with E-state index >= 15 is 0 Å². The molecule has 2 aromatic heterocycles. The highest BCUT2D eigenvalue weighted by atomic mass is 16.7. The fourth-order valence-corrected chi connectivity index (χ4v) is 7.75. The summed E-state index contributed by atoms with van der Waals surface area (Å²) in [4.78, 5) is 72.5. The molecule has 0 saturated carbocycles. The molecule has 0 aliphatic carbocycles. The van der Waals surface area contributed by atoms with Gasteiger partial charge >= 0.3 is 12.1 Å². The molecule has 0 fully saturated rings. The third-order valence-electron chi connectivity index (χ3n) is 10.9. The number of amides is 2. The molecule has 7 N–H and O–H groups in total. The fraction of sp³-hybridized carbons (Fsp3) is 0.419. The Hall–Kier alpha value is -6.69. The van der Waals surface area contributed by atoms with Gasteiger partial charge in [0.2, 0.25) is 24.2 Å². The molecule has 4 aromatic rings. The third-order valence-corrected chi connectivity index (χ3v) is 10.9. The molecule has 0 saturated heterocycles. The third kappa shape index (κ3) is 8.80. The Kier molecular flexibility index (Phi) is 12.2. The van der Waals surface area contributed by atoms with Crippen LogP contribution in [-0.4, -0.2) is 70.9 Å². The van der Waals surface area contributed by atoms with E-state index in [2.05, 4.69) is 21.3 Å². The number of pyridine rings is 2. The number of aromatic nitrogens is 2. The number of nitrogens with two attached hydrogens (primary N) is 1.